The summed E-state index contributed by atoms with van der Waals surface area (Å²) in [5.41, 5.74) is 5.83. The molecule has 1 aliphatic carbocycles. The molecule has 1 aromatic rings. The summed E-state index contributed by atoms with van der Waals surface area (Å²) in [6.45, 7) is 1.46. The third-order valence-electron chi connectivity index (χ3n) is 5.31. The van der Waals surface area contributed by atoms with Crippen molar-refractivity contribution in [3.05, 3.63) is 22.4 Å². The largest absolute Gasteiger partial charge is 0.387 e. The third-order valence-corrected chi connectivity index (χ3v) is 6.28. The Bertz CT molecular complexity index is 491. The second-order valence-corrected chi connectivity index (χ2v) is 7.61. The highest BCUT2D eigenvalue weighted by atomic mass is 32.1. The molecule has 1 saturated carbocycles. The van der Waals surface area contributed by atoms with Crippen LogP contribution in [0.15, 0.2) is 17.5 Å². The van der Waals surface area contributed by atoms with Gasteiger partial charge in [0.05, 0.1) is 6.10 Å². The number of rotatable bonds is 5. The van der Waals surface area contributed by atoms with Crippen molar-refractivity contribution in [3.63, 3.8) is 0 Å². The summed E-state index contributed by atoms with van der Waals surface area (Å²) in [7, 11) is 0. The molecule has 4 nitrogen and oxygen atoms in total. The highest BCUT2D eigenvalue weighted by Crippen LogP contribution is 2.36. The molecule has 2 heterocycles. The van der Waals surface area contributed by atoms with E-state index in [1.807, 2.05) is 22.4 Å². The molecule has 1 amide bonds. The van der Waals surface area contributed by atoms with Gasteiger partial charge in [0.1, 0.15) is 0 Å². The molecular weight excluding hydrogens is 296 g/mol. The van der Waals surface area contributed by atoms with E-state index in [-0.39, 0.29) is 17.9 Å². The monoisotopic (exact) mass is 322 g/mol. The molecular formula is C17H26N2O2S. The summed E-state index contributed by atoms with van der Waals surface area (Å²) >= 11 is 1.58. The molecule has 1 saturated heterocycles. The van der Waals surface area contributed by atoms with Crippen molar-refractivity contribution >= 4 is 17.2 Å². The first-order valence-electron chi connectivity index (χ1n) is 8.42. The molecule has 22 heavy (non-hydrogen) atoms. The molecule has 122 valence electrons. The maximum atomic E-state index is 12.9. The maximum absolute atomic E-state index is 12.9. The lowest BCUT2D eigenvalue weighted by atomic mass is 9.94. The van der Waals surface area contributed by atoms with E-state index in [4.69, 9.17) is 5.73 Å². The highest BCUT2D eigenvalue weighted by Gasteiger charge is 2.39. The van der Waals surface area contributed by atoms with E-state index in [9.17, 15) is 9.90 Å². The molecule has 2 aliphatic rings. The zero-order valence-electron chi connectivity index (χ0n) is 13.0. The van der Waals surface area contributed by atoms with Crippen LogP contribution in [0, 0.1) is 11.8 Å². The van der Waals surface area contributed by atoms with Gasteiger partial charge in [0.15, 0.2) is 0 Å². The summed E-state index contributed by atoms with van der Waals surface area (Å²) in [4.78, 5) is 15.9. The van der Waals surface area contributed by atoms with Gasteiger partial charge in [-0.25, -0.2) is 0 Å². The van der Waals surface area contributed by atoms with E-state index in [0.717, 1.165) is 43.5 Å². The number of aliphatic hydroxyl groups excluding tert-OH is 1. The van der Waals surface area contributed by atoms with Gasteiger partial charge in [0, 0.05) is 23.4 Å². The molecule has 5 heteroatoms. The van der Waals surface area contributed by atoms with Gasteiger partial charge in [-0.15, -0.1) is 11.3 Å². The fourth-order valence-electron chi connectivity index (χ4n) is 4.08. The number of nitrogens with zero attached hydrogens (tertiary/aromatic N) is 1. The van der Waals surface area contributed by atoms with Crippen LogP contribution in [-0.2, 0) is 4.79 Å². The molecule has 4 atom stereocenters. The lowest BCUT2D eigenvalue weighted by molar-refractivity contribution is -0.137. The fourth-order valence-corrected chi connectivity index (χ4v) is 4.81. The van der Waals surface area contributed by atoms with Gasteiger partial charge in [0.25, 0.3) is 0 Å². The molecule has 0 bridgehead atoms. The minimum atomic E-state index is -0.452. The van der Waals surface area contributed by atoms with E-state index in [2.05, 4.69) is 0 Å². The Labute approximate surface area is 136 Å². The van der Waals surface area contributed by atoms with Crippen LogP contribution in [0.3, 0.4) is 0 Å². The van der Waals surface area contributed by atoms with Crippen molar-refractivity contribution in [2.24, 2.45) is 17.6 Å². The first-order valence-corrected chi connectivity index (χ1v) is 9.30. The zero-order valence-corrected chi connectivity index (χ0v) is 13.8. The van der Waals surface area contributed by atoms with Crippen LogP contribution in [0.1, 0.15) is 49.5 Å². The van der Waals surface area contributed by atoms with Crippen LogP contribution in [-0.4, -0.2) is 35.0 Å². The highest BCUT2D eigenvalue weighted by molar-refractivity contribution is 7.10. The van der Waals surface area contributed by atoms with Crippen LogP contribution in [0.25, 0.3) is 0 Å². The van der Waals surface area contributed by atoms with E-state index in [0.29, 0.717) is 18.9 Å². The Morgan fingerprint density at radius 2 is 2.27 bits per heavy atom. The Hall–Kier alpha value is -0.910. The molecule has 3 N–H and O–H groups in total. The lowest BCUT2D eigenvalue weighted by Gasteiger charge is -2.30. The molecule has 3 rings (SSSR count). The number of hydrogen-bond donors (Lipinski definition) is 2. The van der Waals surface area contributed by atoms with Crippen molar-refractivity contribution in [1.82, 2.24) is 4.90 Å². The third kappa shape index (κ3) is 3.21. The minimum absolute atomic E-state index is 0.115. The molecule has 0 radical (unpaired) electrons. The molecule has 0 spiro atoms. The first kappa shape index (κ1) is 16.0. The maximum Gasteiger partial charge on any atom is 0.226 e. The van der Waals surface area contributed by atoms with Crippen LogP contribution in [0.5, 0.6) is 0 Å². The van der Waals surface area contributed by atoms with Gasteiger partial charge in [-0.3, -0.25) is 4.79 Å². The zero-order chi connectivity index (χ0) is 15.5. The summed E-state index contributed by atoms with van der Waals surface area (Å²) in [6.07, 6.45) is 5.45. The van der Waals surface area contributed by atoms with Gasteiger partial charge in [-0.05, 0) is 56.0 Å². The SMILES string of the molecule is NC[C@H]1CCC[C@H]1C(=O)N1CCCC1CC(O)c1cccs1. The van der Waals surface area contributed by atoms with Crippen LogP contribution in [0.2, 0.25) is 0 Å². The van der Waals surface area contributed by atoms with Crippen molar-refractivity contribution < 1.29 is 9.90 Å². The number of amides is 1. The number of nitrogens with two attached hydrogens (primary N) is 1. The van der Waals surface area contributed by atoms with Crippen LogP contribution in [0.4, 0.5) is 0 Å². The molecule has 2 fully saturated rings. The molecule has 1 aliphatic heterocycles. The van der Waals surface area contributed by atoms with E-state index >= 15 is 0 Å². The quantitative estimate of drug-likeness (QED) is 0.875. The summed E-state index contributed by atoms with van der Waals surface area (Å²) < 4.78 is 0. The first-order chi connectivity index (χ1) is 10.7. The van der Waals surface area contributed by atoms with E-state index in [1.165, 1.54) is 0 Å². The lowest BCUT2D eigenvalue weighted by Crippen LogP contribution is -2.42. The second kappa shape index (κ2) is 7.11. The minimum Gasteiger partial charge on any atom is -0.387 e. The second-order valence-electron chi connectivity index (χ2n) is 6.63. The average molecular weight is 322 g/mol. The van der Waals surface area contributed by atoms with Crippen molar-refractivity contribution in [2.45, 2.75) is 50.7 Å². The van der Waals surface area contributed by atoms with Crippen molar-refractivity contribution in [2.75, 3.05) is 13.1 Å². The number of likely N-dealkylation sites (tertiary alicyclic amines) is 1. The molecule has 2 unspecified atom stereocenters. The molecule has 0 aromatic carbocycles. The van der Waals surface area contributed by atoms with Crippen LogP contribution >= 0.6 is 11.3 Å². The predicted molar refractivity (Wildman–Crippen MR) is 88.5 cm³/mol. The fraction of sp³-hybridized carbons (Fsp3) is 0.706. The normalized spacial score (nSPS) is 29.9. The Morgan fingerprint density at radius 1 is 1.41 bits per heavy atom. The predicted octanol–water partition coefficient (Wildman–Crippen LogP) is 2.54. The Morgan fingerprint density at radius 3 is 3.00 bits per heavy atom. The topological polar surface area (TPSA) is 66.6 Å². The summed E-state index contributed by atoms with van der Waals surface area (Å²) in [5.74, 6) is 0.759. The smallest absolute Gasteiger partial charge is 0.226 e. The number of aliphatic hydroxyl groups is 1. The Balaban J connectivity index is 1.64. The van der Waals surface area contributed by atoms with Crippen molar-refractivity contribution in [1.29, 1.82) is 0 Å². The van der Waals surface area contributed by atoms with Gasteiger partial charge in [-0.2, -0.15) is 0 Å². The summed E-state index contributed by atoms with van der Waals surface area (Å²) in [6, 6.07) is 4.12. The van der Waals surface area contributed by atoms with Crippen LogP contribution < -0.4 is 5.73 Å². The molecule has 1 aromatic heterocycles. The van der Waals surface area contributed by atoms with Gasteiger partial charge in [0.2, 0.25) is 5.91 Å². The Kier molecular flexibility index (Phi) is 5.16. The number of carbonyl (C=O) groups is 1. The van der Waals surface area contributed by atoms with Crippen molar-refractivity contribution in [3.8, 4) is 0 Å². The van der Waals surface area contributed by atoms with Gasteiger partial charge in [-0.1, -0.05) is 12.5 Å². The average Bonchev–Trinajstić information content (AvgIpc) is 3.26. The van der Waals surface area contributed by atoms with E-state index < -0.39 is 6.10 Å². The summed E-state index contributed by atoms with van der Waals surface area (Å²) in [5, 5.41) is 12.4. The number of hydrogen-bond acceptors (Lipinski definition) is 4. The van der Waals surface area contributed by atoms with E-state index in [1.54, 1.807) is 11.3 Å². The van der Waals surface area contributed by atoms with Gasteiger partial charge >= 0.3 is 0 Å². The van der Waals surface area contributed by atoms with Gasteiger partial charge < -0.3 is 15.7 Å². The number of carbonyl (C=O) groups excluding carboxylic acids is 1. The standard InChI is InChI=1S/C17H26N2O2S/c18-11-12-4-1-6-14(12)17(21)19-8-2-5-13(19)10-15(20)16-7-3-9-22-16/h3,7,9,12-15,20H,1-2,4-6,8,10-11,18H2/t12-,13?,14-,15?/m1/s1. The number of thiophene rings is 1.